The molecule has 0 fully saturated rings. The van der Waals surface area contributed by atoms with Crippen LogP contribution in [0.5, 0.6) is 0 Å². The second-order valence-electron chi connectivity index (χ2n) is 7.45. The Balaban J connectivity index is 1.44. The average molecular weight is 442 g/mol. The molecule has 2 N–H and O–H groups in total. The van der Waals surface area contributed by atoms with Gasteiger partial charge in [-0.2, -0.15) is 5.10 Å². The number of benzene rings is 1. The van der Waals surface area contributed by atoms with Gasteiger partial charge in [-0.3, -0.25) is 15.1 Å². The number of pyridine rings is 1. The minimum atomic E-state index is -0.390. The second kappa shape index (κ2) is 8.19. The summed E-state index contributed by atoms with van der Waals surface area (Å²) < 4.78 is 17.2. The number of hydrogen-bond donors (Lipinski definition) is 2. The quantitative estimate of drug-likeness (QED) is 0.387. The fourth-order valence-corrected chi connectivity index (χ4v) is 3.54. The Hall–Kier alpha value is -4.54. The molecule has 0 aliphatic rings. The molecule has 0 saturated carbocycles. The Morgan fingerprint density at radius 3 is 2.76 bits per heavy atom. The number of nitrogens with one attached hydrogen (secondary N) is 2. The summed E-state index contributed by atoms with van der Waals surface area (Å²) in [5, 5.41) is 25.4. The zero-order valence-electron chi connectivity index (χ0n) is 17.8. The van der Waals surface area contributed by atoms with Crippen LogP contribution in [0.2, 0.25) is 0 Å². The zero-order valence-corrected chi connectivity index (χ0v) is 17.8. The lowest BCUT2D eigenvalue weighted by Crippen LogP contribution is -2.14. The maximum absolute atomic E-state index is 14.1. The van der Waals surface area contributed by atoms with Gasteiger partial charge in [-0.25, -0.2) is 19.0 Å². The number of para-hydroxylation sites is 1. The number of halogens is 1. The molecule has 0 radical (unpaired) electrons. The molecule has 10 nitrogen and oxygen atoms in total. The fraction of sp³-hybridized carbons (Fsp3) is 0.136. The third kappa shape index (κ3) is 3.69. The van der Waals surface area contributed by atoms with E-state index in [0.29, 0.717) is 28.3 Å². The minimum Gasteiger partial charge on any atom is -0.361 e. The van der Waals surface area contributed by atoms with Crippen molar-refractivity contribution in [1.82, 2.24) is 39.7 Å². The number of aromatic nitrogens is 8. The smallest absolute Gasteiger partial charge is 0.148 e. The summed E-state index contributed by atoms with van der Waals surface area (Å²) in [6.45, 7) is 1.88. The lowest BCUT2D eigenvalue weighted by Gasteiger charge is -2.15. The molecule has 0 aliphatic carbocycles. The van der Waals surface area contributed by atoms with E-state index < -0.39 is 0 Å². The normalized spacial score (nSPS) is 12.1. The lowest BCUT2D eigenvalue weighted by atomic mass is 10.0. The van der Waals surface area contributed by atoms with Gasteiger partial charge < -0.3 is 5.32 Å². The Morgan fingerprint density at radius 1 is 1.09 bits per heavy atom. The Bertz CT molecular complexity index is 1470. The summed E-state index contributed by atoms with van der Waals surface area (Å²) >= 11 is 0. The number of nitrogens with zero attached hydrogens (tertiary/aromatic N) is 8. The van der Waals surface area contributed by atoms with E-state index in [0.717, 1.165) is 10.9 Å². The first-order valence-electron chi connectivity index (χ1n) is 10.1. The highest BCUT2D eigenvalue weighted by Crippen LogP contribution is 2.25. The van der Waals surface area contributed by atoms with Crippen molar-refractivity contribution in [3.8, 4) is 5.69 Å². The van der Waals surface area contributed by atoms with Crippen molar-refractivity contribution in [2.24, 2.45) is 7.05 Å². The molecule has 5 aromatic rings. The van der Waals surface area contributed by atoms with Crippen LogP contribution in [0.15, 0.2) is 61.6 Å². The van der Waals surface area contributed by atoms with Gasteiger partial charge in [0.1, 0.15) is 29.3 Å². The number of anilines is 1. The van der Waals surface area contributed by atoms with Gasteiger partial charge in [-0.1, -0.05) is 17.3 Å². The van der Waals surface area contributed by atoms with E-state index in [2.05, 4.69) is 35.7 Å². The van der Waals surface area contributed by atoms with Crippen molar-refractivity contribution in [2.75, 3.05) is 5.32 Å². The summed E-state index contributed by atoms with van der Waals surface area (Å²) in [6, 6.07) is 6.03. The van der Waals surface area contributed by atoms with Crippen LogP contribution in [-0.2, 0) is 7.05 Å². The third-order valence-electron chi connectivity index (χ3n) is 5.33. The van der Waals surface area contributed by atoms with Gasteiger partial charge >= 0.3 is 0 Å². The highest BCUT2D eigenvalue weighted by Gasteiger charge is 2.19. The number of hydrogen-bond acceptors (Lipinski definition) is 8. The van der Waals surface area contributed by atoms with Crippen LogP contribution in [0.4, 0.5) is 10.2 Å². The van der Waals surface area contributed by atoms with Gasteiger partial charge in [0.25, 0.3) is 0 Å². The second-order valence-corrected chi connectivity index (χ2v) is 7.45. The van der Waals surface area contributed by atoms with Crippen LogP contribution in [0, 0.1) is 11.2 Å². The van der Waals surface area contributed by atoms with Crippen LogP contribution in [0.3, 0.4) is 0 Å². The van der Waals surface area contributed by atoms with E-state index in [-0.39, 0.29) is 17.6 Å². The number of rotatable bonds is 6. The average Bonchev–Trinajstić information content (AvgIpc) is 3.47. The van der Waals surface area contributed by atoms with Crippen molar-refractivity contribution in [1.29, 1.82) is 5.41 Å². The predicted molar refractivity (Wildman–Crippen MR) is 120 cm³/mol. The van der Waals surface area contributed by atoms with Crippen LogP contribution in [0.1, 0.15) is 29.8 Å². The van der Waals surface area contributed by atoms with Gasteiger partial charge in [0, 0.05) is 30.4 Å². The van der Waals surface area contributed by atoms with Gasteiger partial charge in [0.15, 0.2) is 0 Å². The summed E-state index contributed by atoms with van der Waals surface area (Å²) in [6.07, 6.45) is 9.69. The SMILES string of the molecule is CC(Nc1ncncc1C(=N)c1cncc2c1cnn2C)c1cn(-c2ccccc2F)nn1. The first-order chi connectivity index (χ1) is 16.0. The van der Waals surface area contributed by atoms with Crippen molar-refractivity contribution in [2.45, 2.75) is 13.0 Å². The Labute approximate surface area is 187 Å². The molecule has 0 spiro atoms. The summed E-state index contributed by atoms with van der Waals surface area (Å²) in [5.74, 6) is 0.0723. The number of aryl methyl sites for hydroxylation is 1. The molecule has 1 atom stereocenters. The van der Waals surface area contributed by atoms with Crippen LogP contribution >= 0.6 is 0 Å². The molecule has 4 aromatic heterocycles. The summed E-state index contributed by atoms with van der Waals surface area (Å²) in [7, 11) is 1.83. The molecule has 5 rings (SSSR count). The van der Waals surface area contributed by atoms with Crippen molar-refractivity contribution >= 4 is 22.4 Å². The lowest BCUT2D eigenvalue weighted by molar-refractivity contribution is 0.607. The van der Waals surface area contributed by atoms with E-state index >= 15 is 0 Å². The maximum atomic E-state index is 14.1. The Kier molecular flexibility index (Phi) is 5.05. The molecule has 4 heterocycles. The van der Waals surface area contributed by atoms with E-state index in [1.54, 1.807) is 53.9 Å². The standard InChI is InChI=1S/C22H19FN10/c1-13(18-11-33(31-30-18)19-6-4-3-5-17(19)23)29-22-16(8-26-12-27-22)21(24)15-7-25-10-20-14(15)9-28-32(20)2/h3-13,24H,1-2H3,(H,26,27,29). The van der Waals surface area contributed by atoms with Crippen molar-refractivity contribution in [3.05, 3.63) is 84.2 Å². The monoisotopic (exact) mass is 442 g/mol. The molecule has 1 aromatic carbocycles. The van der Waals surface area contributed by atoms with Crippen LogP contribution in [0.25, 0.3) is 16.6 Å². The maximum Gasteiger partial charge on any atom is 0.148 e. The van der Waals surface area contributed by atoms with Crippen molar-refractivity contribution in [3.63, 3.8) is 0 Å². The van der Waals surface area contributed by atoms with Gasteiger partial charge in [-0.05, 0) is 19.1 Å². The van der Waals surface area contributed by atoms with E-state index in [1.165, 1.54) is 17.1 Å². The predicted octanol–water partition coefficient (Wildman–Crippen LogP) is 3.07. The highest BCUT2D eigenvalue weighted by molar-refractivity contribution is 6.19. The zero-order chi connectivity index (χ0) is 22.9. The highest BCUT2D eigenvalue weighted by atomic mass is 19.1. The Morgan fingerprint density at radius 2 is 1.91 bits per heavy atom. The van der Waals surface area contributed by atoms with E-state index in [1.807, 2.05) is 14.0 Å². The molecule has 0 amide bonds. The minimum absolute atomic E-state index is 0.214. The molecule has 0 bridgehead atoms. The fourth-order valence-electron chi connectivity index (χ4n) is 3.54. The number of fused-ring (bicyclic) bond motifs is 1. The molecule has 0 saturated heterocycles. The van der Waals surface area contributed by atoms with Gasteiger partial charge in [-0.15, -0.1) is 5.10 Å². The van der Waals surface area contributed by atoms with E-state index in [9.17, 15) is 4.39 Å². The molecule has 164 valence electrons. The first kappa shape index (κ1) is 20.4. The van der Waals surface area contributed by atoms with Gasteiger partial charge in [0.05, 0.1) is 41.4 Å². The van der Waals surface area contributed by atoms with Gasteiger partial charge in [0.2, 0.25) is 0 Å². The summed E-state index contributed by atoms with van der Waals surface area (Å²) in [4.78, 5) is 12.7. The van der Waals surface area contributed by atoms with E-state index in [4.69, 9.17) is 5.41 Å². The molecule has 11 heteroatoms. The largest absolute Gasteiger partial charge is 0.361 e. The topological polar surface area (TPSA) is 123 Å². The molecular weight excluding hydrogens is 423 g/mol. The van der Waals surface area contributed by atoms with Crippen LogP contribution in [-0.4, -0.2) is 45.4 Å². The van der Waals surface area contributed by atoms with Crippen LogP contribution < -0.4 is 5.32 Å². The molecule has 1 unspecified atom stereocenters. The summed E-state index contributed by atoms with van der Waals surface area (Å²) in [5.41, 5.74) is 3.06. The molecule has 0 aliphatic heterocycles. The first-order valence-corrected chi connectivity index (χ1v) is 10.1. The van der Waals surface area contributed by atoms with Crippen molar-refractivity contribution < 1.29 is 4.39 Å². The third-order valence-corrected chi connectivity index (χ3v) is 5.33. The molecular formula is C22H19FN10. The molecule has 33 heavy (non-hydrogen) atoms.